The second kappa shape index (κ2) is 5.09. The van der Waals surface area contributed by atoms with Gasteiger partial charge in [-0.1, -0.05) is 6.08 Å². The van der Waals surface area contributed by atoms with Gasteiger partial charge in [-0.15, -0.1) is 0 Å². The number of rotatable bonds is 3. The predicted molar refractivity (Wildman–Crippen MR) is 78.9 cm³/mol. The summed E-state index contributed by atoms with van der Waals surface area (Å²) in [6.07, 6.45) is 6.80. The van der Waals surface area contributed by atoms with Crippen molar-refractivity contribution in [2.75, 3.05) is 11.9 Å². The molecular weight excluding hydrogens is 304 g/mol. The molecule has 1 aliphatic carbocycles. The third-order valence-electron chi connectivity index (χ3n) is 3.04. The van der Waals surface area contributed by atoms with Crippen LogP contribution < -0.4 is 5.32 Å². The van der Waals surface area contributed by atoms with E-state index in [1.807, 2.05) is 25.3 Å². The topological polar surface area (TPSA) is 50.7 Å². The van der Waals surface area contributed by atoms with Gasteiger partial charge in [0.2, 0.25) is 5.95 Å². The van der Waals surface area contributed by atoms with Crippen molar-refractivity contribution in [1.29, 1.82) is 0 Å². The zero-order valence-electron chi connectivity index (χ0n) is 10.5. The number of pyridine rings is 1. The van der Waals surface area contributed by atoms with E-state index in [0.29, 0.717) is 5.95 Å². The van der Waals surface area contributed by atoms with E-state index in [2.05, 4.69) is 42.3 Å². The largest absolute Gasteiger partial charge is 0.354 e. The van der Waals surface area contributed by atoms with Gasteiger partial charge in [-0.25, -0.2) is 15.0 Å². The Kier molecular flexibility index (Phi) is 3.29. The third kappa shape index (κ3) is 2.38. The van der Waals surface area contributed by atoms with E-state index in [9.17, 15) is 0 Å². The Balaban J connectivity index is 2.01. The number of anilines is 1. The third-order valence-corrected chi connectivity index (χ3v) is 3.47. The van der Waals surface area contributed by atoms with Crippen LogP contribution in [-0.2, 0) is 6.42 Å². The second-order valence-corrected chi connectivity index (χ2v) is 5.09. The molecule has 0 spiro atoms. The van der Waals surface area contributed by atoms with E-state index in [0.717, 1.165) is 28.8 Å². The lowest BCUT2D eigenvalue weighted by atomic mass is 10.1. The van der Waals surface area contributed by atoms with Crippen LogP contribution in [0.5, 0.6) is 0 Å². The zero-order valence-corrected chi connectivity index (χ0v) is 12.1. The summed E-state index contributed by atoms with van der Waals surface area (Å²) < 4.78 is 0.847. The van der Waals surface area contributed by atoms with Crippen molar-refractivity contribution in [2.24, 2.45) is 0 Å². The van der Waals surface area contributed by atoms with Crippen LogP contribution in [0.2, 0.25) is 0 Å². The van der Waals surface area contributed by atoms with E-state index in [-0.39, 0.29) is 0 Å². The summed E-state index contributed by atoms with van der Waals surface area (Å²) in [7, 11) is 0. The molecule has 0 saturated heterocycles. The van der Waals surface area contributed by atoms with Gasteiger partial charge in [0.1, 0.15) is 4.60 Å². The molecule has 2 aromatic heterocycles. The number of fused-ring (bicyclic) bond motifs is 1. The fraction of sp³-hybridized carbons (Fsp3) is 0.214. The monoisotopic (exact) mass is 316 g/mol. The molecule has 0 unspecified atom stereocenters. The van der Waals surface area contributed by atoms with E-state index in [4.69, 9.17) is 0 Å². The quantitative estimate of drug-likeness (QED) is 0.884. The zero-order chi connectivity index (χ0) is 13.2. The van der Waals surface area contributed by atoms with E-state index in [1.165, 1.54) is 11.1 Å². The molecule has 5 heteroatoms. The number of halogens is 1. The summed E-state index contributed by atoms with van der Waals surface area (Å²) in [4.78, 5) is 13.0. The van der Waals surface area contributed by atoms with Gasteiger partial charge in [0.05, 0.1) is 5.69 Å². The number of hydrogen-bond donors (Lipinski definition) is 1. The maximum absolute atomic E-state index is 4.55. The fourth-order valence-electron chi connectivity index (χ4n) is 2.19. The average Bonchev–Trinajstić information content (AvgIpc) is 2.82. The Bertz CT molecular complexity index is 652. The summed E-state index contributed by atoms with van der Waals surface area (Å²) in [5, 5.41) is 3.14. The summed E-state index contributed by atoms with van der Waals surface area (Å²) in [6, 6.07) is 3.99. The Morgan fingerprint density at radius 1 is 1.37 bits per heavy atom. The normalized spacial score (nSPS) is 13.1. The van der Waals surface area contributed by atoms with E-state index < -0.39 is 0 Å². The first-order chi connectivity index (χ1) is 9.28. The van der Waals surface area contributed by atoms with Crippen LogP contribution in [0.4, 0.5) is 5.95 Å². The molecule has 0 bridgehead atoms. The minimum atomic E-state index is 0.669. The Labute approximate surface area is 120 Å². The van der Waals surface area contributed by atoms with Gasteiger partial charge in [0.15, 0.2) is 0 Å². The van der Waals surface area contributed by atoms with Gasteiger partial charge >= 0.3 is 0 Å². The Morgan fingerprint density at radius 2 is 2.26 bits per heavy atom. The molecule has 0 radical (unpaired) electrons. The van der Waals surface area contributed by atoms with Crippen LogP contribution in [0.3, 0.4) is 0 Å². The molecule has 19 heavy (non-hydrogen) atoms. The highest BCUT2D eigenvalue weighted by atomic mass is 79.9. The van der Waals surface area contributed by atoms with Gasteiger partial charge < -0.3 is 5.32 Å². The van der Waals surface area contributed by atoms with Crippen molar-refractivity contribution in [2.45, 2.75) is 13.3 Å². The van der Waals surface area contributed by atoms with Crippen LogP contribution in [0.1, 0.15) is 23.7 Å². The minimum Gasteiger partial charge on any atom is -0.354 e. The summed E-state index contributed by atoms with van der Waals surface area (Å²) in [5.41, 5.74) is 4.53. The number of allylic oxidation sites excluding steroid dienone is 1. The SMILES string of the molecule is CCNc1nccc(C2=CCc3cnc(Br)cc32)n1. The van der Waals surface area contributed by atoms with Gasteiger partial charge in [-0.3, -0.25) is 0 Å². The minimum absolute atomic E-state index is 0.669. The molecule has 2 aromatic rings. The first-order valence-electron chi connectivity index (χ1n) is 6.20. The second-order valence-electron chi connectivity index (χ2n) is 4.28. The lowest BCUT2D eigenvalue weighted by molar-refractivity contribution is 1.07. The lowest BCUT2D eigenvalue weighted by Gasteiger charge is -2.07. The molecule has 0 fully saturated rings. The number of nitrogens with one attached hydrogen (secondary N) is 1. The standard InChI is InChI=1S/C14H13BrN4/c1-2-16-14-17-6-5-12(19-14)10-4-3-9-8-18-13(15)7-11(9)10/h4-8H,2-3H2,1H3,(H,16,17,19). The number of aromatic nitrogens is 3. The van der Waals surface area contributed by atoms with Crippen molar-refractivity contribution >= 4 is 27.5 Å². The number of hydrogen-bond acceptors (Lipinski definition) is 4. The molecule has 4 nitrogen and oxygen atoms in total. The summed E-state index contributed by atoms with van der Waals surface area (Å²) >= 11 is 3.42. The van der Waals surface area contributed by atoms with Crippen LogP contribution in [-0.4, -0.2) is 21.5 Å². The molecular formula is C14H13BrN4. The molecule has 96 valence electrons. The van der Waals surface area contributed by atoms with Gasteiger partial charge in [-0.2, -0.15) is 0 Å². The molecule has 0 aromatic carbocycles. The van der Waals surface area contributed by atoms with Crippen molar-refractivity contribution < 1.29 is 0 Å². The first kappa shape index (κ1) is 12.3. The average molecular weight is 317 g/mol. The van der Waals surface area contributed by atoms with Gasteiger partial charge in [0.25, 0.3) is 0 Å². The van der Waals surface area contributed by atoms with Crippen LogP contribution in [0.15, 0.2) is 35.2 Å². The molecule has 0 atom stereocenters. The van der Waals surface area contributed by atoms with Crippen LogP contribution in [0, 0.1) is 0 Å². The molecule has 0 saturated carbocycles. The highest BCUT2D eigenvalue weighted by molar-refractivity contribution is 9.10. The smallest absolute Gasteiger partial charge is 0.223 e. The highest BCUT2D eigenvalue weighted by Crippen LogP contribution is 2.32. The van der Waals surface area contributed by atoms with Crippen molar-refractivity contribution in [3.05, 3.63) is 52.0 Å². The van der Waals surface area contributed by atoms with Crippen LogP contribution in [0.25, 0.3) is 5.57 Å². The molecule has 3 rings (SSSR count). The Hall–Kier alpha value is -1.75. The Morgan fingerprint density at radius 3 is 3.11 bits per heavy atom. The molecule has 2 heterocycles. The van der Waals surface area contributed by atoms with Crippen molar-refractivity contribution in [1.82, 2.24) is 15.0 Å². The van der Waals surface area contributed by atoms with Gasteiger partial charge in [0, 0.05) is 24.5 Å². The van der Waals surface area contributed by atoms with E-state index >= 15 is 0 Å². The number of nitrogens with zero attached hydrogens (tertiary/aromatic N) is 3. The van der Waals surface area contributed by atoms with Crippen molar-refractivity contribution in [3.63, 3.8) is 0 Å². The maximum atomic E-state index is 4.55. The summed E-state index contributed by atoms with van der Waals surface area (Å²) in [6.45, 7) is 2.84. The summed E-state index contributed by atoms with van der Waals surface area (Å²) in [5.74, 6) is 0.669. The maximum Gasteiger partial charge on any atom is 0.223 e. The predicted octanol–water partition coefficient (Wildman–Crippen LogP) is 3.05. The van der Waals surface area contributed by atoms with E-state index in [1.54, 1.807) is 6.20 Å². The molecule has 0 amide bonds. The lowest BCUT2D eigenvalue weighted by Crippen LogP contribution is -2.03. The molecule has 1 aliphatic rings. The molecule has 1 N–H and O–H groups in total. The van der Waals surface area contributed by atoms with Crippen molar-refractivity contribution in [3.8, 4) is 0 Å². The highest BCUT2D eigenvalue weighted by Gasteiger charge is 2.17. The fourth-order valence-corrected chi connectivity index (χ4v) is 2.52. The van der Waals surface area contributed by atoms with Crippen LogP contribution >= 0.6 is 15.9 Å². The first-order valence-corrected chi connectivity index (χ1v) is 6.99. The molecule has 0 aliphatic heterocycles. The van der Waals surface area contributed by atoms with Gasteiger partial charge in [-0.05, 0) is 52.5 Å².